The standard InChI is InChI=1S/C7H15NO4/c8-6(12)7(4-10,5-11)2-1-3-9/h9-11H,1-5H2,(H2,8,12). The van der Waals surface area contributed by atoms with Gasteiger partial charge >= 0.3 is 0 Å². The number of rotatable bonds is 6. The van der Waals surface area contributed by atoms with E-state index in [1.807, 2.05) is 0 Å². The van der Waals surface area contributed by atoms with Gasteiger partial charge in [-0.3, -0.25) is 4.79 Å². The Morgan fingerprint density at radius 2 is 1.75 bits per heavy atom. The third-order valence-electron chi connectivity index (χ3n) is 1.94. The maximum Gasteiger partial charge on any atom is 0.228 e. The Hall–Kier alpha value is -0.650. The first-order chi connectivity index (χ1) is 5.63. The minimum Gasteiger partial charge on any atom is -0.396 e. The first kappa shape index (κ1) is 11.4. The Kier molecular flexibility index (Phi) is 4.80. The molecule has 1 amide bonds. The molecule has 0 unspecified atom stereocenters. The molecule has 0 aromatic rings. The number of aliphatic hydroxyl groups is 3. The first-order valence-electron chi connectivity index (χ1n) is 3.75. The summed E-state index contributed by atoms with van der Waals surface area (Å²) in [6, 6.07) is 0. The average molecular weight is 177 g/mol. The highest BCUT2D eigenvalue weighted by Crippen LogP contribution is 2.21. The lowest BCUT2D eigenvalue weighted by Gasteiger charge is -2.25. The van der Waals surface area contributed by atoms with Crippen LogP contribution in [0, 0.1) is 5.41 Å². The van der Waals surface area contributed by atoms with E-state index in [9.17, 15) is 4.79 Å². The highest BCUT2D eigenvalue weighted by atomic mass is 16.3. The first-order valence-corrected chi connectivity index (χ1v) is 3.75. The van der Waals surface area contributed by atoms with Crippen LogP contribution in [0.2, 0.25) is 0 Å². The van der Waals surface area contributed by atoms with Crippen molar-refractivity contribution in [1.29, 1.82) is 0 Å². The van der Waals surface area contributed by atoms with E-state index < -0.39 is 24.5 Å². The molecule has 0 fully saturated rings. The highest BCUT2D eigenvalue weighted by molar-refractivity contribution is 5.81. The van der Waals surface area contributed by atoms with Crippen LogP contribution in [0.5, 0.6) is 0 Å². The van der Waals surface area contributed by atoms with Crippen LogP contribution < -0.4 is 5.73 Å². The number of primary amides is 1. The van der Waals surface area contributed by atoms with Crippen LogP contribution in [0.3, 0.4) is 0 Å². The third-order valence-corrected chi connectivity index (χ3v) is 1.94. The van der Waals surface area contributed by atoms with Crippen molar-refractivity contribution in [2.24, 2.45) is 11.1 Å². The Bertz CT molecular complexity index is 144. The second-order valence-corrected chi connectivity index (χ2v) is 2.79. The molecule has 0 saturated carbocycles. The molecule has 12 heavy (non-hydrogen) atoms. The topological polar surface area (TPSA) is 104 Å². The monoisotopic (exact) mass is 177 g/mol. The average Bonchev–Trinajstić information content (AvgIpc) is 2.07. The van der Waals surface area contributed by atoms with Gasteiger partial charge in [-0.1, -0.05) is 0 Å². The fourth-order valence-electron chi connectivity index (χ4n) is 0.905. The lowest BCUT2D eigenvalue weighted by Crippen LogP contribution is -2.43. The molecule has 0 radical (unpaired) electrons. The SMILES string of the molecule is NC(=O)C(CO)(CO)CCCO. The van der Waals surface area contributed by atoms with Gasteiger partial charge in [-0.05, 0) is 12.8 Å². The van der Waals surface area contributed by atoms with Crippen molar-refractivity contribution >= 4 is 5.91 Å². The largest absolute Gasteiger partial charge is 0.396 e. The molecular formula is C7H15NO4. The molecule has 0 heterocycles. The van der Waals surface area contributed by atoms with E-state index in [4.69, 9.17) is 21.1 Å². The van der Waals surface area contributed by atoms with Gasteiger partial charge in [0.15, 0.2) is 0 Å². The Morgan fingerprint density at radius 3 is 2.00 bits per heavy atom. The summed E-state index contributed by atoms with van der Waals surface area (Å²) < 4.78 is 0. The van der Waals surface area contributed by atoms with Crippen molar-refractivity contribution in [2.75, 3.05) is 19.8 Å². The molecular weight excluding hydrogens is 162 g/mol. The second-order valence-electron chi connectivity index (χ2n) is 2.79. The van der Waals surface area contributed by atoms with E-state index in [2.05, 4.69) is 0 Å². The lowest BCUT2D eigenvalue weighted by molar-refractivity contribution is -0.133. The van der Waals surface area contributed by atoms with Crippen LogP contribution in [-0.2, 0) is 4.79 Å². The molecule has 5 heteroatoms. The minimum absolute atomic E-state index is 0.0883. The predicted molar refractivity (Wildman–Crippen MR) is 42.1 cm³/mol. The summed E-state index contributed by atoms with van der Waals surface area (Å²) >= 11 is 0. The van der Waals surface area contributed by atoms with Crippen molar-refractivity contribution in [3.63, 3.8) is 0 Å². The molecule has 0 aliphatic carbocycles. The van der Waals surface area contributed by atoms with Gasteiger partial charge in [0, 0.05) is 6.61 Å². The summed E-state index contributed by atoms with van der Waals surface area (Å²) in [5, 5.41) is 26.1. The maximum atomic E-state index is 10.8. The van der Waals surface area contributed by atoms with Crippen LogP contribution in [0.15, 0.2) is 0 Å². The quantitative estimate of drug-likeness (QED) is 0.385. The minimum atomic E-state index is -1.28. The number of hydrogen-bond acceptors (Lipinski definition) is 4. The Labute approximate surface area is 70.8 Å². The molecule has 0 aromatic carbocycles. The van der Waals surface area contributed by atoms with Gasteiger partial charge in [-0.25, -0.2) is 0 Å². The van der Waals surface area contributed by atoms with E-state index >= 15 is 0 Å². The fourth-order valence-corrected chi connectivity index (χ4v) is 0.905. The summed E-state index contributed by atoms with van der Waals surface area (Å²) in [5.74, 6) is -0.735. The lowest BCUT2D eigenvalue weighted by atomic mass is 9.84. The number of carbonyl (C=O) groups is 1. The smallest absolute Gasteiger partial charge is 0.228 e. The van der Waals surface area contributed by atoms with Gasteiger partial charge in [0.05, 0.1) is 18.6 Å². The molecule has 5 nitrogen and oxygen atoms in total. The molecule has 72 valence electrons. The Balaban J connectivity index is 4.25. The molecule has 0 bridgehead atoms. The van der Waals surface area contributed by atoms with E-state index in [1.54, 1.807) is 0 Å². The van der Waals surface area contributed by atoms with Gasteiger partial charge in [0.1, 0.15) is 0 Å². The normalized spacial score (nSPS) is 11.6. The van der Waals surface area contributed by atoms with Gasteiger partial charge in [0.2, 0.25) is 5.91 Å². The number of aliphatic hydroxyl groups excluding tert-OH is 3. The zero-order chi connectivity index (χ0) is 9.61. The van der Waals surface area contributed by atoms with Crippen molar-refractivity contribution in [3.8, 4) is 0 Å². The van der Waals surface area contributed by atoms with E-state index in [1.165, 1.54) is 0 Å². The van der Waals surface area contributed by atoms with Gasteiger partial charge in [-0.2, -0.15) is 0 Å². The summed E-state index contributed by atoms with van der Waals surface area (Å²) in [6.45, 7) is -1.06. The van der Waals surface area contributed by atoms with Crippen LogP contribution in [0.25, 0.3) is 0 Å². The molecule has 0 atom stereocenters. The summed E-state index contributed by atoms with van der Waals surface area (Å²) in [6.07, 6.45) is 0.538. The number of carbonyl (C=O) groups excluding carboxylic acids is 1. The van der Waals surface area contributed by atoms with Crippen LogP contribution in [0.4, 0.5) is 0 Å². The zero-order valence-electron chi connectivity index (χ0n) is 6.86. The molecule has 0 spiro atoms. The van der Waals surface area contributed by atoms with E-state index in [0.29, 0.717) is 6.42 Å². The van der Waals surface area contributed by atoms with Crippen molar-refractivity contribution in [2.45, 2.75) is 12.8 Å². The molecule has 0 saturated heterocycles. The van der Waals surface area contributed by atoms with Crippen molar-refractivity contribution in [3.05, 3.63) is 0 Å². The van der Waals surface area contributed by atoms with Gasteiger partial charge < -0.3 is 21.1 Å². The molecule has 5 N–H and O–H groups in total. The molecule has 0 aliphatic heterocycles. The van der Waals surface area contributed by atoms with Gasteiger partial charge in [-0.15, -0.1) is 0 Å². The maximum absolute atomic E-state index is 10.8. The van der Waals surface area contributed by atoms with Crippen LogP contribution in [0.1, 0.15) is 12.8 Å². The summed E-state index contributed by atoms with van der Waals surface area (Å²) in [4.78, 5) is 10.8. The van der Waals surface area contributed by atoms with Crippen molar-refractivity contribution < 1.29 is 20.1 Å². The molecule has 0 aliphatic rings. The molecule has 0 aromatic heterocycles. The van der Waals surface area contributed by atoms with E-state index in [0.717, 1.165) is 0 Å². The van der Waals surface area contributed by atoms with Crippen LogP contribution >= 0.6 is 0 Å². The zero-order valence-corrected chi connectivity index (χ0v) is 6.86. The van der Waals surface area contributed by atoms with Crippen molar-refractivity contribution in [1.82, 2.24) is 0 Å². The Morgan fingerprint density at radius 1 is 1.25 bits per heavy atom. The fraction of sp³-hybridized carbons (Fsp3) is 0.857. The second kappa shape index (κ2) is 5.08. The van der Waals surface area contributed by atoms with E-state index in [-0.39, 0.29) is 13.0 Å². The summed E-state index contributed by atoms with van der Waals surface area (Å²) in [7, 11) is 0. The summed E-state index contributed by atoms with van der Waals surface area (Å²) in [5.41, 5.74) is 3.72. The number of amides is 1. The number of hydrogen-bond donors (Lipinski definition) is 4. The highest BCUT2D eigenvalue weighted by Gasteiger charge is 2.34. The number of nitrogens with two attached hydrogens (primary N) is 1. The van der Waals surface area contributed by atoms with Crippen LogP contribution in [-0.4, -0.2) is 41.0 Å². The third kappa shape index (κ3) is 2.44. The molecule has 0 rings (SSSR count). The van der Waals surface area contributed by atoms with Gasteiger partial charge in [0.25, 0.3) is 0 Å². The predicted octanol–water partition coefficient (Wildman–Crippen LogP) is -1.78.